The Labute approximate surface area is 211 Å². The minimum atomic E-state index is -4.33. The summed E-state index contributed by atoms with van der Waals surface area (Å²) in [7, 11) is 1.02. The number of aromatic nitrogens is 2. The van der Waals surface area contributed by atoms with E-state index < -0.39 is 30.1 Å². The zero-order valence-corrected chi connectivity index (χ0v) is 21.9. The van der Waals surface area contributed by atoms with Gasteiger partial charge in [0.05, 0.1) is 34.2 Å². The zero-order valence-electron chi connectivity index (χ0n) is 21.9. The van der Waals surface area contributed by atoms with Gasteiger partial charge >= 0.3 is 13.3 Å². The number of aryl methyl sites for hydroxylation is 1. The number of hydrogen-bond donors (Lipinski definition) is 0. The van der Waals surface area contributed by atoms with Gasteiger partial charge in [-0.25, -0.2) is 4.68 Å². The summed E-state index contributed by atoms with van der Waals surface area (Å²) in [6.07, 6.45) is -1.66. The third-order valence-corrected chi connectivity index (χ3v) is 7.88. The molecule has 3 heterocycles. The normalized spacial score (nSPS) is 25.9. The molecule has 2 unspecified atom stereocenters. The number of rotatable bonds is 7. The highest BCUT2D eigenvalue weighted by Gasteiger charge is 2.53. The lowest BCUT2D eigenvalue weighted by molar-refractivity contribution is -0.137. The Morgan fingerprint density at radius 3 is 2.44 bits per heavy atom. The van der Waals surface area contributed by atoms with Gasteiger partial charge in [0.1, 0.15) is 6.73 Å². The molecule has 6 nitrogen and oxygen atoms in total. The standard InChI is InChI=1S/C26H36BF3N2O4/c1-23(2)24(3,4)36-27(35-23)22-15-20(32(31-22)17-33-6)21-16-25(5,12-13-34-21)11-10-18-8-7-9-19(14-18)26(28,29)30/h7-9,14-15,21H,10-13,16-17H2,1-6H3. The Morgan fingerprint density at radius 1 is 1.11 bits per heavy atom. The Morgan fingerprint density at radius 2 is 1.81 bits per heavy atom. The Bertz CT molecular complexity index is 1060. The lowest BCUT2D eigenvalue weighted by Gasteiger charge is -2.38. The fourth-order valence-corrected chi connectivity index (χ4v) is 4.84. The third-order valence-electron chi connectivity index (χ3n) is 7.88. The molecular weight excluding hydrogens is 472 g/mol. The largest absolute Gasteiger partial charge is 0.516 e. The molecule has 4 rings (SSSR count). The number of halogens is 3. The summed E-state index contributed by atoms with van der Waals surface area (Å²) in [5.41, 5.74) is 0.588. The maximum absolute atomic E-state index is 13.1. The molecule has 2 aliphatic heterocycles. The molecule has 10 heteroatoms. The quantitative estimate of drug-likeness (QED) is 0.476. The van der Waals surface area contributed by atoms with Crippen LogP contribution in [0.2, 0.25) is 0 Å². The van der Waals surface area contributed by atoms with Gasteiger partial charge in [0, 0.05) is 13.7 Å². The molecule has 1 aromatic heterocycles. The molecule has 198 valence electrons. The van der Waals surface area contributed by atoms with E-state index in [1.165, 1.54) is 12.1 Å². The maximum atomic E-state index is 13.1. The van der Waals surface area contributed by atoms with Gasteiger partial charge in [-0.3, -0.25) is 0 Å². The number of hydrogen-bond acceptors (Lipinski definition) is 5. The van der Waals surface area contributed by atoms with Crippen LogP contribution in [0.25, 0.3) is 0 Å². The maximum Gasteiger partial charge on any atom is 0.516 e. The van der Waals surface area contributed by atoms with Crippen LogP contribution >= 0.6 is 0 Å². The summed E-state index contributed by atoms with van der Waals surface area (Å²) >= 11 is 0. The predicted molar refractivity (Wildman–Crippen MR) is 131 cm³/mol. The lowest BCUT2D eigenvalue weighted by Crippen LogP contribution is -2.41. The summed E-state index contributed by atoms with van der Waals surface area (Å²) in [5.74, 6) is 0. The molecule has 0 bridgehead atoms. The molecule has 2 aliphatic rings. The van der Waals surface area contributed by atoms with Gasteiger partial charge in [-0.2, -0.15) is 18.3 Å². The number of alkyl halides is 3. The molecule has 0 saturated carbocycles. The Hall–Kier alpha value is -1.88. The van der Waals surface area contributed by atoms with Gasteiger partial charge < -0.3 is 18.8 Å². The van der Waals surface area contributed by atoms with Crippen LogP contribution < -0.4 is 5.59 Å². The summed E-state index contributed by atoms with van der Waals surface area (Å²) in [5, 5.41) is 4.72. The molecule has 36 heavy (non-hydrogen) atoms. The third kappa shape index (κ3) is 5.66. The molecule has 0 N–H and O–H groups in total. The summed E-state index contributed by atoms with van der Waals surface area (Å²) in [6, 6.07) is 7.58. The minimum Gasteiger partial charge on any atom is -0.398 e. The molecule has 0 aliphatic carbocycles. The molecule has 2 atom stereocenters. The van der Waals surface area contributed by atoms with Crippen molar-refractivity contribution in [2.45, 2.75) is 90.5 Å². The van der Waals surface area contributed by atoms with Crippen LogP contribution in [-0.2, 0) is 38.1 Å². The van der Waals surface area contributed by atoms with Crippen LogP contribution in [0.3, 0.4) is 0 Å². The summed E-state index contributed by atoms with van der Waals surface area (Å²) in [4.78, 5) is 0. The first-order chi connectivity index (χ1) is 16.7. The van der Waals surface area contributed by atoms with Crippen molar-refractivity contribution in [3.05, 3.63) is 47.2 Å². The first-order valence-electron chi connectivity index (χ1n) is 12.4. The Kier molecular flexibility index (Phi) is 7.38. The fraction of sp³-hybridized carbons (Fsp3) is 0.654. The average molecular weight is 508 g/mol. The first kappa shape index (κ1) is 27.2. The van der Waals surface area contributed by atoms with Crippen LogP contribution in [-0.4, -0.2) is 41.8 Å². The second-order valence-corrected chi connectivity index (χ2v) is 11.3. The van der Waals surface area contributed by atoms with Crippen molar-refractivity contribution in [1.29, 1.82) is 0 Å². The molecule has 0 amide bonds. The van der Waals surface area contributed by atoms with Crippen molar-refractivity contribution in [1.82, 2.24) is 9.78 Å². The van der Waals surface area contributed by atoms with E-state index in [1.54, 1.807) is 17.9 Å². The van der Waals surface area contributed by atoms with Crippen molar-refractivity contribution < 1.29 is 32.0 Å². The lowest BCUT2D eigenvalue weighted by atomic mass is 9.74. The van der Waals surface area contributed by atoms with Crippen LogP contribution in [0, 0.1) is 5.41 Å². The van der Waals surface area contributed by atoms with Gasteiger partial charge in [-0.1, -0.05) is 25.1 Å². The van der Waals surface area contributed by atoms with Crippen molar-refractivity contribution in [3.63, 3.8) is 0 Å². The van der Waals surface area contributed by atoms with Crippen molar-refractivity contribution in [2.24, 2.45) is 5.41 Å². The average Bonchev–Trinajstić information content (AvgIpc) is 3.30. The smallest absolute Gasteiger partial charge is 0.398 e. The van der Waals surface area contributed by atoms with Gasteiger partial charge in [0.15, 0.2) is 0 Å². The van der Waals surface area contributed by atoms with Gasteiger partial charge in [0.2, 0.25) is 0 Å². The van der Waals surface area contributed by atoms with Crippen LogP contribution in [0.5, 0.6) is 0 Å². The molecule has 0 spiro atoms. The Balaban J connectivity index is 1.50. The van der Waals surface area contributed by atoms with Gasteiger partial charge in [0.25, 0.3) is 0 Å². The van der Waals surface area contributed by atoms with E-state index >= 15 is 0 Å². The SMILES string of the molecule is COCn1nc(B2OC(C)(C)C(C)(C)O2)cc1C1CC(C)(CCc2cccc(C(F)(F)F)c2)CCO1. The van der Waals surface area contributed by atoms with Crippen molar-refractivity contribution in [3.8, 4) is 0 Å². The number of ether oxygens (including phenoxy) is 2. The first-order valence-corrected chi connectivity index (χ1v) is 12.4. The summed E-state index contributed by atoms with van der Waals surface area (Å²) in [6.45, 7) is 11.0. The van der Waals surface area contributed by atoms with Gasteiger partial charge in [-0.05, 0) is 76.5 Å². The molecule has 2 fully saturated rings. The molecule has 2 saturated heterocycles. The van der Waals surface area contributed by atoms with E-state index in [9.17, 15) is 13.2 Å². The van der Waals surface area contributed by atoms with Crippen molar-refractivity contribution in [2.75, 3.05) is 13.7 Å². The number of nitrogens with zero attached hydrogens (tertiary/aromatic N) is 2. The molecular formula is C26H36BF3N2O4. The fourth-order valence-electron chi connectivity index (χ4n) is 4.84. The monoisotopic (exact) mass is 508 g/mol. The highest BCUT2D eigenvalue weighted by Crippen LogP contribution is 2.43. The zero-order chi connectivity index (χ0) is 26.4. The highest BCUT2D eigenvalue weighted by atomic mass is 19.4. The molecule has 2 aromatic rings. The van der Waals surface area contributed by atoms with E-state index in [4.69, 9.17) is 23.9 Å². The second-order valence-electron chi connectivity index (χ2n) is 11.3. The minimum absolute atomic E-state index is 0.0934. The summed E-state index contributed by atoms with van der Waals surface area (Å²) < 4.78 is 65.1. The van der Waals surface area contributed by atoms with E-state index in [0.717, 1.165) is 31.0 Å². The van der Waals surface area contributed by atoms with Crippen LogP contribution in [0.1, 0.15) is 76.8 Å². The number of methoxy groups -OCH3 is 1. The van der Waals surface area contributed by atoms with Crippen molar-refractivity contribution >= 4 is 12.7 Å². The van der Waals surface area contributed by atoms with E-state index in [0.29, 0.717) is 24.2 Å². The predicted octanol–water partition coefficient (Wildman–Crippen LogP) is 5.30. The second kappa shape index (κ2) is 9.78. The van der Waals surface area contributed by atoms with E-state index in [2.05, 4.69) is 6.92 Å². The topological polar surface area (TPSA) is 54.7 Å². The van der Waals surface area contributed by atoms with Crippen LogP contribution in [0.15, 0.2) is 30.3 Å². The number of benzene rings is 1. The van der Waals surface area contributed by atoms with E-state index in [1.807, 2.05) is 33.8 Å². The van der Waals surface area contributed by atoms with Gasteiger partial charge in [-0.15, -0.1) is 0 Å². The highest BCUT2D eigenvalue weighted by molar-refractivity contribution is 6.61. The molecule has 0 radical (unpaired) electrons. The molecule has 1 aromatic carbocycles. The van der Waals surface area contributed by atoms with Crippen LogP contribution in [0.4, 0.5) is 13.2 Å². The van der Waals surface area contributed by atoms with E-state index in [-0.39, 0.29) is 18.2 Å².